The predicted molar refractivity (Wildman–Crippen MR) is 51.5 cm³/mol. The van der Waals surface area contributed by atoms with Gasteiger partial charge in [0.15, 0.2) is 0 Å². The van der Waals surface area contributed by atoms with E-state index in [-0.39, 0.29) is 6.10 Å². The Bertz CT molecular complexity index is 314. The molecule has 2 heteroatoms. The molecule has 2 nitrogen and oxygen atoms in total. The highest BCUT2D eigenvalue weighted by atomic mass is 16.5. The molecule has 0 heterocycles. The molecular weight excluding hydrogens is 162 g/mol. The van der Waals surface area contributed by atoms with Crippen LogP contribution in [-0.2, 0) is 0 Å². The zero-order chi connectivity index (χ0) is 9.68. The van der Waals surface area contributed by atoms with Gasteiger partial charge in [0, 0.05) is 0 Å². The van der Waals surface area contributed by atoms with Gasteiger partial charge in [-0.25, -0.2) is 0 Å². The second kappa shape index (κ2) is 4.51. The quantitative estimate of drug-likeness (QED) is 0.707. The molecule has 0 aromatic heterocycles. The minimum atomic E-state index is -0.0354. The number of nitriles is 1. The van der Waals surface area contributed by atoms with Crippen LogP contribution in [-0.4, -0.2) is 6.10 Å². The summed E-state index contributed by atoms with van der Waals surface area (Å²) >= 11 is 0. The fourth-order valence-corrected chi connectivity index (χ4v) is 1.09. The lowest BCUT2D eigenvalue weighted by Gasteiger charge is -2.11. The first-order valence-electron chi connectivity index (χ1n) is 4.32. The lowest BCUT2D eigenvalue weighted by molar-refractivity contribution is 0.227. The largest absolute Gasteiger partial charge is 0.490 e. The van der Waals surface area contributed by atoms with E-state index in [0.29, 0.717) is 6.42 Å². The van der Waals surface area contributed by atoms with Gasteiger partial charge in [0.1, 0.15) is 11.9 Å². The Labute approximate surface area is 78.8 Å². The third-order valence-corrected chi connectivity index (χ3v) is 1.71. The van der Waals surface area contributed by atoms with Crippen LogP contribution in [0.4, 0.5) is 0 Å². The topological polar surface area (TPSA) is 33.0 Å². The van der Waals surface area contributed by atoms with Crippen LogP contribution in [0.25, 0.3) is 0 Å². The number of hydrogen-bond donors (Lipinski definition) is 0. The summed E-state index contributed by atoms with van der Waals surface area (Å²) in [5.74, 6) is 0.836. The van der Waals surface area contributed by atoms with Gasteiger partial charge in [-0.15, -0.1) is 0 Å². The van der Waals surface area contributed by atoms with Crippen LogP contribution in [0.2, 0.25) is 0 Å². The molecule has 0 radical (unpaired) electrons. The Morgan fingerprint density at radius 2 is 2.31 bits per heavy atom. The smallest absolute Gasteiger partial charge is 0.120 e. The molecule has 1 atom stereocenters. The molecule has 0 saturated heterocycles. The van der Waals surface area contributed by atoms with Gasteiger partial charge in [-0.2, -0.15) is 5.26 Å². The van der Waals surface area contributed by atoms with E-state index in [0.717, 1.165) is 5.75 Å². The third-order valence-electron chi connectivity index (χ3n) is 1.71. The van der Waals surface area contributed by atoms with Crippen LogP contribution < -0.4 is 4.74 Å². The van der Waals surface area contributed by atoms with E-state index < -0.39 is 0 Å². The number of benzene rings is 1. The van der Waals surface area contributed by atoms with E-state index >= 15 is 0 Å². The predicted octanol–water partition coefficient (Wildman–Crippen LogP) is 2.68. The zero-order valence-electron chi connectivity index (χ0n) is 7.95. The van der Waals surface area contributed by atoms with Crippen LogP contribution in [0.5, 0.6) is 5.75 Å². The minimum absolute atomic E-state index is 0.0354. The van der Waals surface area contributed by atoms with Gasteiger partial charge in [-0.3, -0.25) is 0 Å². The molecule has 68 valence electrons. The molecule has 0 fully saturated rings. The molecule has 13 heavy (non-hydrogen) atoms. The monoisotopic (exact) mass is 175 g/mol. The van der Waals surface area contributed by atoms with Gasteiger partial charge in [-0.1, -0.05) is 12.1 Å². The maximum absolute atomic E-state index is 8.44. The van der Waals surface area contributed by atoms with Crippen molar-refractivity contribution in [3.63, 3.8) is 0 Å². The van der Waals surface area contributed by atoms with E-state index in [1.165, 1.54) is 5.56 Å². The Morgan fingerprint density at radius 1 is 1.54 bits per heavy atom. The van der Waals surface area contributed by atoms with Crippen LogP contribution in [0.15, 0.2) is 24.3 Å². The molecule has 0 spiro atoms. The van der Waals surface area contributed by atoms with Crippen molar-refractivity contribution in [1.29, 1.82) is 5.26 Å². The summed E-state index contributed by atoms with van der Waals surface area (Å²) in [4.78, 5) is 0. The molecule has 1 rings (SSSR count). The van der Waals surface area contributed by atoms with Crippen molar-refractivity contribution in [3.05, 3.63) is 29.8 Å². The first-order chi connectivity index (χ1) is 6.22. The first kappa shape index (κ1) is 9.60. The lowest BCUT2D eigenvalue weighted by atomic mass is 10.2. The van der Waals surface area contributed by atoms with Crippen molar-refractivity contribution in [2.75, 3.05) is 0 Å². The Morgan fingerprint density at radius 3 is 2.92 bits per heavy atom. The van der Waals surface area contributed by atoms with E-state index in [1.54, 1.807) is 0 Å². The van der Waals surface area contributed by atoms with Gasteiger partial charge in [0.25, 0.3) is 0 Å². The van der Waals surface area contributed by atoms with Crippen molar-refractivity contribution in [2.45, 2.75) is 26.4 Å². The molecule has 0 bridgehead atoms. The number of nitrogens with zero attached hydrogens (tertiary/aromatic N) is 1. The summed E-state index contributed by atoms with van der Waals surface area (Å²) in [5, 5.41) is 8.44. The molecule has 0 aliphatic carbocycles. The maximum Gasteiger partial charge on any atom is 0.120 e. The average molecular weight is 175 g/mol. The number of ether oxygens (including phenoxy) is 1. The average Bonchev–Trinajstić information content (AvgIpc) is 2.04. The summed E-state index contributed by atoms with van der Waals surface area (Å²) in [6.07, 6.45) is 0.389. The van der Waals surface area contributed by atoms with Crippen molar-refractivity contribution in [2.24, 2.45) is 0 Å². The van der Waals surface area contributed by atoms with Crippen LogP contribution in [0, 0.1) is 18.3 Å². The van der Waals surface area contributed by atoms with Crippen molar-refractivity contribution < 1.29 is 4.74 Å². The van der Waals surface area contributed by atoms with Gasteiger partial charge in [-0.05, 0) is 31.5 Å². The second-order valence-electron chi connectivity index (χ2n) is 3.11. The maximum atomic E-state index is 8.44. The zero-order valence-corrected chi connectivity index (χ0v) is 7.95. The van der Waals surface area contributed by atoms with Crippen LogP contribution in [0.3, 0.4) is 0 Å². The second-order valence-corrected chi connectivity index (χ2v) is 3.11. The SMILES string of the molecule is Cc1cccc(OC(C)CC#N)c1. The lowest BCUT2D eigenvalue weighted by Crippen LogP contribution is -2.10. The molecule has 0 amide bonds. The molecule has 1 unspecified atom stereocenters. The van der Waals surface area contributed by atoms with Gasteiger partial charge in [0.05, 0.1) is 12.5 Å². The molecule has 0 aliphatic heterocycles. The fraction of sp³-hybridized carbons (Fsp3) is 0.364. The van der Waals surface area contributed by atoms with Crippen molar-refractivity contribution in [1.82, 2.24) is 0 Å². The summed E-state index contributed by atoms with van der Waals surface area (Å²) in [6.45, 7) is 3.91. The molecular formula is C11H13NO. The van der Waals surface area contributed by atoms with Crippen LogP contribution >= 0.6 is 0 Å². The minimum Gasteiger partial charge on any atom is -0.490 e. The van der Waals surface area contributed by atoms with Gasteiger partial charge >= 0.3 is 0 Å². The summed E-state index contributed by atoms with van der Waals surface area (Å²) in [6, 6.07) is 9.91. The van der Waals surface area contributed by atoms with E-state index in [4.69, 9.17) is 10.00 Å². The Kier molecular flexibility index (Phi) is 3.33. The molecule has 0 N–H and O–H groups in total. The Balaban J connectivity index is 2.59. The molecule has 1 aromatic rings. The number of rotatable bonds is 3. The summed E-state index contributed by atoms with van der Waals surface area (Å²) in [5.41, 5.74) is 1.17. The molecule has 0 aliphatic rings. The van der Waals surface area contributed by atoms with E-state index in [9.17, 15) is 0 Å². The van der Waals surface area contributed by atoms with E-state index in [2.05, 4.69) is 6.07 Å². The van der Waals surface area contributed by atoms with E-state index in [1.807, 2.05) is 38.1 Å². The Hall–Kier alpha value is -1.49. The molecule has 0 saturated carbocycles. The summed E-state index contributed by atoms with van der Waals surface area (Å²) < 4.78 is 5.51. The summed E-state index contributed by atoms with van der Waals surface area (Å²) in [7, 11) is 0. The fourth-order valence-electron chi connectivity index (χ4n) is 1.09. The van der Waals surface area contributed by atoms with Gasteiger partial charge < -0.3 is 4.74 Å². The molecule has 1 aromatic carbocycles. The standard InChI is InChI=1S/C11H13NO/c1-9-4-3-5-11(8-9)13-10(2)6-7-12/h3-5,8,10H,6H2,1-2H3. The highest BCUT2D eigenvalue weighted by molar-refractivity contribution is 5.27. The first-order valence-corrected chi connectivity index (χ1v) is 4.32. The normalized spacial score (nSPS) is 11.8. The number of hydrogen-bond acceptors (Lipinski definition) is 2. The number of aryl methyl sites for hydroxylation is 1. The van der Waals surface area contributed by atoms with Crippen LogP contribution in [0.1, 0.15) is 18.9 Å². The highest BCUT2D eigenvalue weighted by Crippen LogP contribution is 2.14. The van der Waals surface area contributed by atoms with Gasteiger partial charge in [0.2, 0.25) is 0 Å². The third kappa shape index (κ3) is 3.16. The highest BCUT2D eigenvalue weighted by Gasteiger charge is 2.02. The van der Waals surface area contributed by atoms with Crippen molar-refractivity contribution >= 4 is 0 Å². The van der Waals surface area contributed by atoms with Crippen molar-refractivity contribution in [3.8, 4) is 11.8 Å².